The highest BCUT2D eigenvalue weighted by Gasteiger charge is 2.32. The van der Waals surface area contributed by atoms with E-state index in [0.717, 1.165) is 39.0 Å². The van der Waals surface area contributed by atoms with Gasteiger partial charge in [0, 0.05) is 32.7 Å². The van der Waals surface area contributed by atoms with E-state index in [1.807, 2.05) is 13.8 Å². The summed E-state index contributed by atoms with van der Waals surface area (Å²) < 4.78 is 23.7. The molecule has 160 valence electrons. The molecular weight excluding hydrogens is 376 g/mol. The lowest BCUT2D eigenvalue weighted by Crippen LogP contribution is -2.52. The van der Waals surface area contributed by atoms with Gasteiger partial charge in [-0.1, -0.05) is 26.2 Å². The number of ether oxygens (including phenoxy) is 1. The molecule has 0 aliphatic carbocycles. The van der Waals surface area contributed by atoms with Gasteiger partial charge in [-0.2, -0.15) is 0 Å². The topological polar surface area (TPSA) is 71.0 Å². The molecule has 1 aromatic carbocycles. The third kappa shape index (κ3) is 7.79. The lowest BCUT2D eigenvalue weighted by Gasteiger charge is -2.36. The van der Waals surface area contributed by atoms with Crippen LogP contribution in [-0.2, 0) is 15.3 Å². The van der Waals surface area contributed by atoms with Gasteiger partial charge in [-0.05, 0) is 44.5 Å². The zero-order valence-electron chi connectivity index (χ0n) is 17.5. The first-order chi connectivity index (χ1) is 13.4. The first-order valence-corrected chi connectivity index (χ1v) is 11.4. The van der Waals surface area contributed by atoms with E-state index in [-0.39, 0.29) is 0 Å². The van der Waals surface area contributed by atoms with Crippen LogP contribution in [0.15, 0.2) is 29.2 Å². The number of benzene rings is 1. The summed E-state index contributed by atoms with van der Waals surface area (Å²) in [7, 11) is 0. The molecule has 0 radical (unpaired) electrons. The van der Waals surface area contributed by atoms with Crippen LogP contribution in [0.3, 0.4) is 0 Å². The first-order valence-electron chi connectivity index (χ1n) is 10.4. The molecule has 1 saturated heterocycles. The van der Waals surface area contributed by atoms with Crippen LogP contribution < -0.4 is 10.1 Å². The van der Waals surface area contributed by atoms with Gasteiger partial charge in [0.25, 0.3) is 0 Å². The summed E-state index contributed by atoms with van der Waals surface area (Å²) in [5, 5.41) is 13.9. The third-order valence-electron chi connectivity index (χ3n) is 5.03. The number of nitrogens with one attached hydrogen (secondary N) is 1. The van der Waals surface area contributed by atoms with E-state index in [4.69, 9.17) is 8.92 Å². The number of piperazine rings is 1. The number of unbranched alkanes of at least 4 members (excludes halogenated alkanes) is 3. The molecule has 1 aromatic rings. The molecule has 0 spiro atoms. The van der Waals surface area contributed by atoms with Crippen LogP contribution >= 0.6 is 0 Å². The van der Waals surface area contributed by atoms with Crippen molar-refractivity contribution < 1.29 is 18.2 Å². The second kappa shape index (κ2) is 11.9. The van der Waals surface area contributed by atoms with Crippen LogP contribution in [0.2, 0.25) is 0 Å². The van der Waals surface area contributed by atoms with Gasteiger partial charge in [0.15, 0.2) is 11.1 Å². The Bertz CT molecular complexity index is 589. The van der Waals surface area contributed by atoms with Crippen LogP contribution in [0.25, 0.3) is 0 Å². The number of β-amino-alcohol motifs (C(OH)–C–C–N with tert-alkyl or cyclic N) is 1. The van der Waals surface area contributed by atoms with E-state index < -0.39 is 22.8 Å². The molecule has 2 atom stereocenters. The fourth-order valence-electron chi connectivity index (χ4n) is 3.08. The Hall–Kier alpha value is -0.990. The Morgan fingerprint density at radius 3 is 2.50 bits per heavy atom. The lowest BCUT2D eigenvalue weighted by atomic mass is 10.0. The molecule has 1 heterocycles. The van der Waals surface area contributed by atoms with Crippen molar-refractivity contribution in [2.24, 2.45) is 0 Å². The monoisotopic (exact) mass is 412 g/mol. The van der Waals surface area contributed by atoms with Crippen LogP contribution in [0.1, 0.15) is 46.5 Å². The van der Waals surface area contributed by atoms with Crippen molar-refractivity contribution in [2.75, 3.05) is 39.3 Å². The third-order valence-corrected chi connectivity index (χ3v) is 6.07. The van der Waals surface area contributed by atoms with Crippen LogP contribution in [0, 0.1) is 0 Å². The molecular formula is C21H36N2O4S. The van der Waals surface area contributed by atoms with Crippen molar-refractivity contribution in [3.8, 4) is 5.75 Å². The van der Waals surface area contributed by atoms with Gasteiger partial charge < -0.3 is 15.2 Å². The van der Waals surface area contributed by atoms with Crippen LogP contribution in [0.4, 0.5) is 0 Å². The molecule has 28 heavy (non-hydrogen) atoms. The highest BCUT2D eigenvalue weighted by Crippen LogP contribution is 2.23. The van der Waals surface area contributed by atoms with E-state index in [2.05, 4.69) is 17.1 Å². The standard InChI is InChI=1S/C21H36N2O4S/c1-4-5-6-7-16-26-28(25)19-10-8-18(9-11-19)27-21(2,3)20(24)17-23-14-12-22-13-15-23/h8-11,20,22,24H,4-7,12-17H2,1-3H3. The maximum absolute atomic E-state index is 12.2. The zero-order chi connectivity index (χ0) is 20.4. The summed E-state index contributed by atoms with van der Waals surface area (Å²) >= 11 is -1.45. The minimum Gasteiger partial charge on any atom is -0.485 e. The number of aliphatic hydroxyl groups excluding tert-OH is 1. The predicted molar refractivity (Wildman–Crippen MR) is 113 cm³/mol. The molecule has 0 bridgehead atoms. The molecule has 1 aliphatic rings. The minimum atomic E-state index is -1.45. The van der Waals surface area contributed by atoms with Gasteiger partial charge >= 0.3 is 0 Å². The van der Waals surface area contributed by atoms with Gasteiger partial charge in [-0.3, -0.25) is 9.08 Å². The van der Waals surface area contributed by atoms with Crippen molar-refractivity contribution in [2.45, 2.75) is 63.1 Å². The molecule has 6 nitrogen and oxygen atoms in total. The molecule has 1 aliphatic heterocycles. The highest BCUT2D eigenvalue weighted by molar-refractivity contribution is 7.80. The molecule has 2 unspecified atom stereocenters. The van der Waals surface area contributed by atoms with Crippen LogP contribution in [0.5, 0.6) is 5.75 Å². The molecule has 0 aromatic heterocycles. The van der Waals surface area contributed by atoms with E-state index in [0.29, 0.717) is 23.8 Å². The zero-order valence-corrected chi connectivity index (χ0v) is 18.3. The van der Waals surface area contributed by atoms with Crippen molar-refractivity contribution in [1.82, 2.24) is 10.2 Å². The Balaban J connectivity index is 1.81. The average Bonchev–Trinajstić information content (AvgIpc) is 2.68. The van der Waals surface area contributed by atoms with Crippen molar-refractivity contribution in [3.05, 3.63) is 24.3 Å². The normalized spacial score (nSPS) is 18.0. The quantitative estimate of drug-likeness (QED) is 0.515. The van der Waals surface area contributed by atoms with Gasteiger partial charge in [0.05, 0.1) is 11.5 Å². The Labute approximate surface area is 172 Å². The Morgan fingerprint density at radius 2 is 1.86 bits per heavy atom. The molecule has 1 fully saturated rings. The van der Waals surface area contributed by atoms with Crippen LogP contribution in [-0.4, -0.2) is 65.3 Å². The summed E-state index contributed by atoms with van der Waals surface area (Å²) in [4.78, 5) is 2.87. The number of nitrogens with zero attached hydrogens (tertiary/aromatic N) is 1. The fraction of sp³-hybridized carbons (Fsp3) is 0.714. The molecule has 2 rings (SSSR count). The number of rotatable bonds is 12. The molecule has 0 saturated carbocycles. The van der Waals surface area contributed by atoms with Gasteiger partial charge in [0.1, 0.15) is 17.5 Å². The Kier molecular flexibility index (Phi) is 9.88. The number of aliphatic hydroxyl groups is 1. The maximum atomic E-state index is 12.2. The largest absolute Gasteiger partial charge is 0.485 e. The van der Waals surface area contributed by atoms with E-state index in [1.54, 1.807) is 24.3 Å². The summed E-state index contributed by atoms with van der Waals surface area (Å²) in [6.07, 6.45) is 3.78. The summed E-state index contributed by atoms with van der Waals surface area (Å²) in [6, 6.07) is 7.09. The SMILES string of the molecule is CCCCCCOS(=O)c1ccc(OC(C)(C)C(O)CN2CCNCC2)cc1. The van der Waals surface area contributed by atoms with Gasteiger partial charge in [-0.15, -0.1) is 0 Å². The fourth-order valence-corrected chi connectivity index (χ4v) is 3.84. The van der Waals surface area contributed by atoms with Gasteiger partial charge in [-0.25, -0.2) is 4.21 Å². The van der Waals surface area contributed by atoms with Crippen molar-refractivity contribution in [1.29, 1.82) is 0 Å². The summed E-state index contributed by atoms with van der Waals surface area (Å²) in [6.45, 7) is 10.8. The predicted octanol–water partition coefficient (Wildman–Crippen LogP) is 2.73. The smallest absolute Gasteiger partial charge is 0.189 e. The number of hydrogen-bond acceptors (Lipinski definition) is 6. The Morgan fingerprint density at radius 1 is 1.18 bits per heavy atom. The summed E-state index contributed by atoms with van der Waals surface area (Å²) in [5.74, 6) is 0.646. The van der Waals surface area contributed by atoms with E-state index in [1.165, 1.54) is 12.8 Å². The lowest BCUT2D eigenvalue weighted by molar-refractivity contribution is -0.0456. The van der Waals surface area contributed by atoms with E-state index in [9.17, 15) is 9.32 Å². The van der Waals surface area contributed by atoms with E-state index >= 15 is 0 Å². The van der Waals surface area contributed by atoms with Crippen molar-refractivity contribution >= 4 is 11.1 Å². The number of hydrogen-bond donors (Lipinski definition) is 2. The first kappa shape index (κ1) is 23.3. The minimum absolute atomic E-state index is 0.510. The maximum Gasteiger partial charge on any atom is 0.189 e. The van der Waals surface area contributed by atoms with Gasteiger partial charge in [0.2, 0.25) is 0 Å². The molecule has 0 amide bonds. The second-order valence-corrected chi connectivity index (χ2v) is 9.04. The highest BCUT2D eigenvalue weighted by atomic mass is 32.2. The second-order valence-electron chi connectivity index (χ2n) is 7.86. The molecule has 7 heteroatoms. The summed E-state index contributed by atoms with van der Waals surface area (Å²) in [5.41, 5.74) is -0.721. The molecule has 2 N–H and O–H groups in total. The van der Waals surface area contributed by atoms with Crippen molar-refractivity contribution in [3.63, 3.8) is 0 Å². The average molecular weight is 413 g/mol.